The monoisotopic (exact) mass is 451 g/mol. The van der Waals surface area contributed by atoms with Crippen LogP contribution in [-0.4, -0.2) is 24.2 Å². The van der Waals surface area contributed by atoms with Crippen LogP contribution < -0.4 is 9.64 Å². The van der Waals surface area contributed by atoms with Crippen molar-refractivity contribution in [2.24, 2.45) is 35.5 Å². The van der Waals surface area contributed by atoms with Crippen LogP contribution in [-0.2, 0) is 9.59 Å². The number of benzene rings is 2. The van der Waals surface area contributed by atoms with E-state index < -0.39 is 5.82 Å². The van der Waals surface area contributed by atoms with Gasteiger partial charge in [-0.25, -0.2) is 4.39 Å². The van der Waals surface area contributed by atoms with Gasteiger partial charge < -0.3 is 4.74 Å². The molecule has 162 valence electrons. The molecule has 2 bridgehead atoms. The quantitative estimate of drug-likeness (QED) is 0.386. The van der Waals surface area contributed by atoms with Gasteiger partial charge in [0.1, 0.15) is 11.6 Å². The second-order valence-corrected chi connectivity index (χ2v) is 9.41. The van der Waals surface area contributed by atoms with Crippen LogP contribution in [0.5, 0.6) is 5.75 Å². The molecular formula is C25H19ClFNO4. The standard InChI is InChI=1S/C25H19ClFNO4/c26-19-9-12(1-8-20(19)27)21(29)11-32-14-4-2-13(3-5-14)28-24(30)22-15-6-7-16(18-10-17(15)18)23(22)25(28)31/h1-9,15-18,22-23H,10-11H2/t15-,16+,17?,18?,22-,23+. The Labute approximate surface area is 188 Å². The third-order valence-electron chi connectivity index (χ3n) is 7.37. The highest BCUT2D eigenvalue weighted by Crippen LogP contribution is 2.65. The van der Waals surface area contributed by atoms with E-state index in [0.717, 1.165) is 12.5 Å². The fraction of sp³-hybridized carbons (Fsp3) is 0.320. The third kappa shape index (κ3) is 2.85. The summed E-state index contributed by atoms with van der Waals surface area (Å²) in [5.41, 5.74) is 0.775. The van der Waals surface area contributed by atoms with Crippen LogP contribution in [0.1, 0.15) is 16.8 Å². The zero-order valence-electron chi connectivity index (χ0n) is 16.9. The van der Waals surface area contributed by atoms with Gasteiger partial charge in [-0.05, 0) is 72.6 Å². The van der Waals surface area contributed by atoms with E-state index in [-0.39, 0.29) is 58.5 Å². The van der Waals surface area contributed by atoms with Crippen molar-refractivity contribution in [2.45, 2.75) is 6.42 Å². The van der Waals surface area contributed by atoms with Gasteiger partial charge in [-0.15, -0.1) is 0 Å². The predicted molar refractivity (Wildman–Crippen MR) is 115 cm³/mol. The number of hydrogen-bond acceptors (Lipinski definition) is 4. The molecule has 0 radical (unpaired) electrons. The van der Waals surface area contributed by atoms with E-state index in [4.69, 9.17) is 16.3 Å². The SMILES string of the molecule is O=C(COc1ccc(N2C(=O)[C@@H]3[C@H](C2=O)[C@@H]2C=C[C@H]3C3CC32)cc1)c1ccc(F)c(Cl)c1. The zero-order chi connectivity index (χ0) is 22.1. The summed E-state index contributed by atoms with van der Waals surface area (Å²) in [6.07, 6.45) is 5.43. The van der Waals surface area contributed by atoms with Gasteiger partial charge in [0, 0.05) is 5.56 Å². The van der Waals surface area contributed by atoms with Crippen LogP contribution in [0.3, 0.4) is 0 Å². The maximum absolute atomic E-state index is 13.3. The van der Waals surface area contributed by atoms with Crippen LogP contribution in [0.2, 0.25) is 5.02 Å². The topological polar surface area (TPSA) is 63.7 Å². The first kappa shape index (κ1) is 19.7. The van der Waals surface area contributed by atoms with Crippen molar-refractivity contribution in [1.29, 1.82) is 0 Å². The maximum atomic E-state index is 13.3. The Hall–Kier alpha value is -2.99. The molecule has 1 saturated heterocycles. The summed E-state index contributed by atoms with van der Waals surface area (Å²) in [4.78, 5) is 39.9. The number of carbonyl (C=O) groups excluding carboxylic acids is 3. The van der Waals surface area contributed by atoms with Crippen LogP contribution in [0.25, 0.3) is 0 Å². The first-order valence-corrected chi connectivity index (χ1v) is 11.1. The molecule has 2 amide bonds. The molecule has 7 rings (SSSR count). The summed E-state index contributed by atoms with van der Waals surface area (Å²) in [7, 11) is 0. The molecule has 0 N–H and O–H groups in total. The summed E-state index contributed by atoms with van der Waals surface area (Å²) < 4.78 is 18.8. The molecule has 3 fully saturated rings. The minimum atomic E-state index is -0.591. The largest absolute Gasteiger partial charge is 0.485 e. The highest BCUT2D eigenvalue weighted by molar-refractivity contribution is 6.31. The van der Waals surface area contributed by atoms with E-state index in [1.807, 2.05) is 0 Å². The molecule has 32 heavy (non-hydrogen) atoms. The van der Waals surface area contributed by atoms with Gasteiger partial charge in [0.2, 0.25) is 11.8 Å². The third-order valence-corrected chi connectivity index (χ3v) is 7.66. The van der Waals surface area contributed by atoms with Crippen molar-refractivity contribution < 1.29 is 23.5 Å². The molecule has 2 aromatic carbocycles. The normalized spacial score (nSPS) is 31.5. The molecule has 2 aromatic rings. The van der Waals surface area contributed by atoms with Crippen molar-refractivity contribution in [3.05, 3.63) is 71.0 Å². The average molecular weight is 452 g/mol. The lowest BCUT2D eigenvalue weighted by atomic mass is 9.63. The molecule has 1 heterocycles. The Bertz CT molecular complexity index is 1160. The number of imide groups is 1. The van der Waals surface area contributed by atoms with E-state index >= 15 is 0 Å². The van der Waals surface area contributed by atoms with E-state index in [0.29, 0.717) is 23.3 Å². The first-order chi connectivity index (χ1) is 15.4. The van der Waals surface area contributed by atoms with Crippen LogP contribution >= 0.6 is 11.6 Å². The number of hydrogen-bond donors (Lipinski definition) is 0. The number of ether oxygens (including phenoxy) is 1. The Morgan fingerprint density at radius 1 is 1.00 bits per heavy atom. The Kier molecular flexibility index (Phi) is 4.31. The molecule has 5 aliphatic rings. The van der Waals surface area contributed by atoms with Crippen molar-refractivity contribution in [3.8, 4) is 5.75 Å². The number of allylic oxidation sites excluding steroid dienone is 2. The van der Waals surface area contributed by atoms with Gasteiger partial charge in [-0.2, -0.15) is 0 Å². The molecular weight excluding hydrogens is 433 g/mol. The average Bonchev–Trinajstić information content (AvgIpc) is 3.58. The first-order valence-electron chi connectivity index (χ1n) is 10.7. The number of rotatable bonds is 5. The highest BCUT2D eigenvalue weighted by Gasteiger charge is 2.67. The Morgan fingerprint density at radius 3 is 2.22 bits per heavy atom. The Balaban J connectivity index is 1.15. The van der Waals surface area contributed by atoms with Crippen molar-refractivity contribution in [2.75, 3.05) is 11.5 Å². The molecule has 2 saturated carbocycles. The number of carbonyl (C=O) groups is 3. The lowest BCUT2D eigenvalue weighted by Gasteiger charge is -2.37. The number of amides is 2. The van der Waals surface area contributed by atoms with Gasteiger partial charge in [0.05, 0.1) is 22.5 Å². The number of nitrogens with zero attached hydrogens (tertiary/aromatic N) is 1. The molecule has 0 aromatic heterocycles. The van der Waals surface area contributed by atoms with Gasteiger partial charge in [0.15, 0.2) is 12.4 Å². The number of Topliss-reactive ketones (excluding diaryl/α,β-unsaturated/α-hetero) is 1. The van der Waals surface area contributed by atoms with Gasteiger partial charge in [0.25, 0.3) is 0 Å². The summed E-state index contributed by atoms with van der Waals surface area (Å²) in [6, 6.07) is 10.3. The minimum Gasteiger partial charge on any atom is -0.485 e. The summed E-state index contributed by atoms with van der Waals surface area (Å²) in [6.45, 7) is -0.245. The minimum absolute atomic E-state index is 0.110. The molecule has 2 unspecified atom stereocenters. The van der Waals surface area contributed by atoms with E-state index in [9.17, 15) is 18.8 Å². The van der Waals surface area contributed by atoms with Gasteiger partial charge >= 0.3 is 0 Å². The highest BCUT2D eigenvalue weighted by atomic mass is 35.5. The number of ketones is 1. The summed E-state index contributed by atoms with van der Waals surface area (Å²) in [5.74, 6) is 0.292. The van der Waals surface area contributed by atoms with E-state index in [1.54, 1.807) is 24.3 Å². The van der Waals surface area contributed by atoms with Crippen LogP contribution in [0, 0.1) is 41.3 Å². The molecule has 0 spiro atoms. The van der Waals surface area contributed by atoms with Crippen LogP contribution in [0.15, 0.2) is 54.6 Å². The summed E-state index contributed by atoms with van der Waals surface area (Å²) >= 11 is 5.72. The van der Waals surface area contributed by atoms with E-state index in [1.165, 1.54) is 17.0 Å². The second kappa shape index (κ2) is 7.01. The molecule has 1 aliphatic heterocycles. The van der Waals surface area contributed by atoms with Crippen molar-refractivity contribution >= 4 is 34.9 Å². The maximum Gasteiger partial charge on any atom is 0.238 e. The fourth-order valence-corrected chi connectivity index (χ4v) is 5.99. The van der Waals surface area contributed by atoms with E-state index in [2.05, 4.69) is 12.2 Å². The van der Waals surface area contributed by atoms with Crippen molar-refractivity contribution in [3.63, 3.8) is 0 Å². The van der Waals surface area contributed by atoms with Crippen LogP contribution in [0.4, 0.5) is 10.1 Å². The Morgan fingerprint density at radius 2 is 1.62 bits per heavy atom. The molecule has 6 atom stereocenters. The lowest BCUT2D eigenvalue weighted by Crippen LogP contribution is -2.40. The molecule has 5 nitrogen and oxygen atoms in total. The van der Waals surface area contributed by atoms with Gasteiger partial charge in [-0.1, -0.05) is 23.8 Å². The lowest BCUT2D eigenvalue weighted by molar-refractivity contribution is -0.124. The zero-order valence-corrected chi connectivity index (χ0v) is 17.7. The summed E-state index contributed by atoms with van der Waals surface area (Å²) in [5, 5.41) is -0.123. The fourth-order valence-electron chi connectivity index (χ4n) is 5.80. The second-order valence-electron chi connectivity index (χ2n) is 9.00. The smallest absolute Gasteiger partial charge is 0.238 e. The van der Waals surface area contributed by atoms with Gasteiger partial charge in [-0.3, -0.25) is 19.3 Å². The molecule has 4 aliphatic carbocycles. The predicted octanol–water partition coefficient (Wildman–Crippen LogP) is 4.30. The molecule has 7 heteroatoms. The van der Waals surface area contributed by atoms with Crippen molar-refractivity contribution in [1.82, 2.24) is 0 Å². The number of halogens is 2. The number of anilines is 1.